The summed E-state index contributed by atoms with van der Waals surface area (Å²) >= 11 is 1.29. The van der Waals surface area contributed by atoms with E-state index >= 15 is 0 Å². The molecule has 0 N–H and O–H groups in total. The van der Waals surface area contributed by atoms with Gasteiger partial charge in [0, 0.05) is 11.9 Å². The van der Waals surface area contributed by atoms with Gasteiger partial charge in [0.05, 0.1) is 11.0 Å². The topological polar surface area (TPSA) is 56.9 Å². The molecule has 5 nitrogen and oxygen atoms in total. The number of imidazole rings is 1. The number of benzene rings is 1. The third kappa shape index (κ3) is 1.72. The van der Waals surface area contributed by atoms with Gasteiger partial charge in [-0.25, -0.2) is 14.3 Å². The molecule has 1 aromatic carbocycles. The zero-order valence-electron chi connectivity index (χ0n) is 10.2. The van der Waals surface area contributed by atoms with Crippen molar-refractivity contribution in [1.29, 1.82) is 0 Å². The van der Waals surface area contributed by atoms with E-state index in [9.17, 15) is 9.59 Å². The first-order valence-corrected chi connectivity index (χ1v) is 6.75. The molecule has 0 aliphatic rings. The van der Waals surface area contributed by atoms with Crippen molar-refractivity contribution in [2.75, 3.05) is 0 Å². The van der Waals surface area contributed by atoms with E-state index in [1.807, 2.05) is 31.2 Å². The smallest absolute Gasteiger partial charge is 0.296 e. The molecule has 0 saturated carbocycles. The molecule has 96 valence electrons. The Balaban J connectivity index is 2.37. The van der Waals surface area contributed by atoms with Gasteiger partial charge in [0.15, 0.2) is 11.4 Å². The average Bonchev–Trinajstić information content (AvgIpc) is 2.99. The van der Waals surface area contributed by atoms with E-state index in [2.05, 4.69) is 4.98 Å². The zero-order valence-corrected chi connectivity index (χ0v) is 11.1. The molecule has 0 saturated heterocycles. The first-order valence-electron chi connectivity index (χ1n) is 5.87. The van der Waals surface area contributed by atoms with E-state index in [4.69, 9.17) is 0 Å². The molecule has 2 heterocycles. The fourth-order valence-corrected chi connectivity index (χ4v) is 2.91. The second kappa shape index (κ2) is 4.47. The molecule has 3 aromatic rings. The van der Waals surface area contributed by atoms with Crippen LogP contribution in [0.15, 0.2) is 34.4 Å². The van der Waals surface area contributed by atoms with Gasteiger partial charge in [-0.3, -0.25) is 9.36 Å². The second-order valence-electron chi connectivity index (χ2n) is 4.02. The van der Waals surface area contributed by atoms with Gasteiger partial charge in [0.1, 0.15) is 5.69 Å². The fourth-order valence-electron chi connectivity index (χ4n) is 2.13. The molecule has 0 unspecified atom stereocenters. The Hall–Kier alpha value is -2.21. The van der Waals surface area contributed by atoms with Gasteiger partial charge in [0.25, 0.3) is 0 Å². The normalized spacial score (nSPS) is 11.0. The minimum Gasteiger partial charge on any atom is -0.296 e. The number of nitrogens with zero attached hydrogens (tertiary/aromatic N) is 3. The Bertz CT molecular complexity index is 813. The Morgan fingerprint density at radius 1 is 1.32 bits per heavy atom. The van der Waals surface area contributed by atoms with E-state index in [0.29, 0.717) is 23.7 Å². The molecule has 0 aliphatic heterocycles. The van der Waals surface area contributed by atoms with Crippen LogP contribution in [0.4, 0.5) is 0 Å². The molecule has 19 heavy (non-hydrogen) atoms. The predicted molar refractivity (Wildman–Crippen MR) is 74.3 cm³/mol. The largest absolute Gasteiger partial charge is 0.335 e. The molecule has 0 bridgehead atoms. The number of aromatic nitrogens is 3. The molecule has 0 aliphatic carbocycles. The van der Waals surface area contributed by atoms with Gasteiger partial charge in [-0.2, -0.15) is 0 Å². The summed E-state index contributed by atoms with van der Waals surface area (Å²) < 4.78 is 3.24. The number of aryl methyl sites for hydroxylation is 1. The van der Waals surface area contributed by atoms with Crippen LogP contribution in [0.5, 0.6) is 0 Å². The highest BCUT2D eigenvalue weighted by molar-refractivity contribution is 7.12. The summed E-state index contributed by atoms with van der Waals surface area (Å²) in [6, 6.07) is 7.57. The van der Waals surface area contributed by atoms with Crippen molar-refractivity contribution >= 4 is 28.7 Å². The van der Waals surface area contributed by atoms with Crippen LogP contribution in [0.1, 0.15) is 17.4 Å². The molecule has 0 radical (unpaired) electrons. The molecule has 0 atom stereocenters. The Morgan fingerprint density at radius 2 is 2.05 bits per heavy atom. The number of rotatable bonds is 3. The summed E-state index contributed by atoms with van der Waals surface area (Å²) in [5.74, 6) is 0. The molecular formula is C13H11N3O2S. The number of carbonyl (C=O) groups excluding carboxylic acids is 1. The van der Waals surface area contributed by atoms with E-state index < -0.39 is 0 Å². The number of hydrogen-bond donors (Lipinski definition) is 0. The Kier molecular flexibility index (Phi) is 2.79. The maximum Gasteiger partial charge on any atom is 0.335 e. The molecular weight excluding hydrogens is 262 g/mol. The summed E-state index contributed by atoms with van der Waals surface area (Å²) in [5, 5.41) is 2.17. The maximum atomic E-state index is 12.4. The zero-order chi connectivity index (χ0) is 13.4. The van der Waals surface area contributed by atoms with Gasteiger partial charge >= 0.3 is 5.69 Å². The van der Waals surface area contributed by atoms with Gasteiger partial charge in [-0.15, -0.1) is 11.3 Å². The van der Waals surface area contributed by atoms with Crippen molar-refractivity contribution in [3.8, 4) is 5.13 Å². The Labute approximate surface area is 112 Å². The standard InChI is InChI=1S/C13H11N3O2S/c1-2-15-10-5-3-4-6-11(10)16(13(15)18)12-14-9(7-17)8-19-12/h3-8H,2H2,1H3. The maximum absolute atomic E-state index is 12.4. The third-order valence-corrected chi connectivity index (χ3v) is 3.82. The van der Waals surface area contributed by atoms with Crippen molar-refractivity contribution in [3.63, 3.8) is 0 Å². The van der Waals surface area contributed by atoms with Crippen LogP contribution in [0.3, 0.4) is 0 Å². The lowest BCUT2D eigenvalue weighted by molar-refractivity contribution is 0.111. The summed E-state index contributed by atoms with van der Waals surface area (Å²) in [7, 11) is 0. The molecule has 2 aromatic heterocycles. The lowest BCUT2D eigenvalue weighted by Crippen LogP contribution is -2.22. The lowest BCUT2D eigenvalue weighted by atomic mass is 10.3. The van der Waals surface area contributed by atoms with Crippen LogP contribution in [0.25, 0.3) is 16.2 Å². The van der Waals surface area contributed by atoms with E-state index in [-0.39, 0.29) is 5.69 Å². The molecule has 0 spiro atoms. The highest BCUT2D eigenvalue weighted by Crippen LogP contribution is 2.19. The average molecular weight is 273 g/mol. The summed E-state index contributed by atoms with van der Waals surface area (Å²) in [5.41, 5.74) is 1.90. The molecule has 3 rings (SSSR count). The van der Waals surface area contributed by atoms with Gasteiger partial charge in [-0.05, 0) is 19.1 Å². The van der Waals surface area contributed by atoms with Crippen LogP contribution in [0.2, 0.25) is 0 Å². The monoisotopic (exact) mass is 273 g/mol. The highest BCUT2D eigenvalue weighted by Gasteiger charge is 2.15. The lowest BCUT2D eigenvalue weighted by Gasteiger charge is -1.96. The number of para-hydroxylation sites is 2. The minimum atomic E-state index is -0.129. The number of aldehydes is 1. The summed E-state index contributed by atoms with van der Waals surface area (Å²) in [4.78, 5) is 27.3. The van der Waals surface area contributed by atoms with Crippen LogP contribution in [0, 0.1) is 0 Å². The Morgan fingerprint density at radius 3 is 2.68 bits per heavy atom. The predicted octanol–water partition coefficient (Wildman–Crippen LogP) is 2.08. The molecule has 0 fully saturated rings. The van der Waals surface area contributed by atoms with Crippen molar-refractivity contribution in [2.24, 2.45) is 0 Å². The van der Waals surface area contributed by atoms with Crippen molar-refractivity contribution in [1.82, 2.24) is 14.1 Å². The van der Waals surface area contributed by atoms with E-state index in [0.717, 1.165) is 11.0 Å². The minimum absolute atomic E-state index is 0.129. The summed E-state index contributed by atoms with van der Waals surface area (Å²) in [6.07, 6.45) is 0.685. The van der Waals surface area contributed by atoms with Gasteiger partial charge < -0.3 is 0 Å². The van der Waals surface area contributed by atoms with E-state index in [1.54, 1.807) is 14.5 Å². The van der Waals surface area contributed by atoms with Crippen molar-refractivity contribution in [3.05, 3.63) is 45.8 Å². The van der Waals surface area contributed by atoms with Gasteiger partial charge in [0.2, 0.25) is 0 Å². The number of fused-ring (bicyclic) bond motifs is 1. The van der Waals surface area contributed by atoms with Crippen molar-refractivity contribution < 1.29 is 4.79 Å². The van der Waals surface area contributed by atoms with E-state index in [1.165, 1.54) is 11.3 Å². The first kappa shape index (κ1) is 11.9. The quantitative estimate of drug-likeness (QED) is 0.686. The number of carbonyl (C=O) groups is 1. The summed E-state index contributed by atoms with van der Waals surface area (Å²) in [6.45, 7) is 2.52. The third-order valence-electron chi connectivity index (χ3n) is 2.97. The van der Waals surface area contributed by atoms with Crippen LogP contribution in [-0.2, 0) is 6.54 Å². The second-order valence-corrected chi connectivity index (χ2v) is 4.86. The van der Waals surface area contributed by atoms with Crippen LogP contribution < -0.4 is 5.69 Å². The molecule has 0 amide bonds. The first-order chi connectivity index (χ1) is 9.26. The van der Waals surface area contributed by atoms with Crippen LogP contribution >= 0.6 is 11.3 Å². The fraction of sp³-hybridized carbons (Fsp3) is 0.154. The number of thiazole rings is 1. The van der Waals surface area contributed by atoms with Crippen molar-refractivity contribution in [2.45, 2.75) is 13.5 Å². The molecule has 6 heteroatoms. The van der Waals surface area contributed by atoms with Gasteiger partial charge in [-0.1, -0.05) is 12.1 Å². The highest BCUT2D eigenvalue weighted by atomic mass is 32.1. The van der Waals surface area contributed by atoms with Crippen LogP contribution in [-0.4, -0.2) is 20.4 Å². The SMILES string of the molecule is CCn1c(=O)n(-c2nc(C=O)cs2)c2ccccc21. The number of hydrogen-bond acceptors (Lipinski definition) is 4.